The Morgan fingerprint density at radius 3 is 2.77 bits per heavy atom. The zero-order valence-electron chi connectivity index (χ0n) is 14.4. The van der Waals surface area contributed by atoms with Crippen molar-refractivity contribution in [1.82, 2.24) is 26.3 Å². The molecule has 10 heteroatoms. The number of hydrazine groups is 1. The van der Waals surface area contributed by atoms with Crippen molar-refractivity contribution >= 4 is 23.2 Å². The molecule has 1 aromatic heterocycles. The summed E-state index contributed by atoms with van der Waals surface area (Å²) in [5.41, 5.74) is 5.72. The van der Waals surface area contributed by atoms with E-state index < -0.39 is 0 Å². The fourth-order valence-electron chi connectivity index (χ4n) is 2.03. The zero-order chi connectivity index (χ0) is 18.9. The molecule has 26 heavy (non-hydrogen) atoms. The molecule has 0 unspecified atom stereocenters. The summed E-state index contributed by atoms with van der Waals surface area (Å²) in [6.45, 7) is 2.39. The number of nitrogens with one attached hydrogen (secondary N) is 3. The molecule has 0 saturated carbocycles. The van der Waals surface area contributed by atoms with Crippen LogP contribution in [0.3, 0.4) is 0 Å². The lowest BCUT2D eigenvalue weighted by molar-refractivity contribution is -0.121. The fraction of sp³-hybridized carbons (Fsp3) is 0.375. The van der Waals surface area contributed by atoms with Gasteiger partial charge in [-0.2, -0.15) is 4.98 Å². The van der Waals surface area contributed by atoms with Gasteiger partial charge < -0.3 is 14.6 Å². The molecule has 3 N–H and O–H groups in total. The molecule has 8 nitrogen and oxygen atoms in total. The third kappa shape index (κ3) is 6.37. The third-order valence-corrected chi connectivity index (χ3v) is 3.47. The predicted molar refractivity (Wildman–Crippen MR) is 96.4 cm³/mol. The molecule has 0 spiro atoms. The van der Waals surface area contributed by atoms with E-state index in [1.54, 1.807) is 19.2 Å². The molecule has 2 aromatic rings. The van der Waals surface area contributed by atoms with E-state index in [4.69, 9.17) is 21.5 Å². The van der Waals surface area contributed by atoms with Gasteiger partial charge >= 0.3 is 0 Å². The van der Waals surface area contributed by atoms with E-state index in [1.165, 1.54) is 12.1 Å². The third-order valence-electron chi connectivity index (χ3n) is 3.25. The summed E-state index contributed by atoms with van der Waals surface area (Å²) in [6.07, 6.45) is 0.399. The molecule has 1 aromatic carbocycles. The van der Waals surface area contributed by atoms with Gasteiger partial charge in [-0.1, -0.05) is 5.16 Å². The highest BCUT2D eigenvalue weighted by Crippen LogP contribution is 2.16. The van der Waals surface area contributed by atoms with Gasteiger partial charge in [0.15, 0.2) is 5.11 Å². The van der Waals surface area contributed by atoms with Crippen molar-refractivity contribution in [3.8, 4) is 11.4 Å². The molecule has 0 aliphatic heterocycles. The minimum Gasteiger partial charge on any atom is -0.383 e. The first-order valence-corrected chi connectivity index (χ1v) is 8.31. The number of methoxy groups -OCH3 is 1. The molecule has 140 valence electrons. The van der Waals surface area contributed by atoms with Crippen LogP contribution in [0.25, 0.3) is 11.4 Å². The van der Waals surface area contributed by atoms with Crippen molar-refractivity contribution in [3.05, 3.63) is 36.0 Å². The van der Waals surface area contributed by atoms with E-state index in [-0.39, 0.29) is 30.6 Å². The lowest BCUT2D eigenvalue weighted by atomic mass is 10.2. The fourth-order valence-corrected chi connectivity index (χ4v) is 2.29. The second-order valence-electron chi connectivity index (χ2n) is 5.52. The maximum Gasteiger partial charge on any atom is 0.238 e. The maximum atomic E-state index is 12.9. The molecule has 1 heterocycles. The van der Waals surface area contributed by atoms with Crippen LogP contribution in [0.2, 0.25) is 0 Å². The molecule has 1 amide bonds. The Kier molecular flexibility index (Phi) is 7.42. The highest BCUT2D eigenvalue weighted by molar-refractivity contribution is 7.80. The van der Waals surface area contributed by atoms with Gasteiger partial charge in [0.05, 0.1) is 6.61 Å². The molecular weight excluding hydrogens is 361 g/mol. The molecule has 0 fully saturated rings. The van der Waals surface area contributed by atoms with Crippen molar-refractivity contribution in [1.29, 1.82) is 0 Å². The van der Waals surface area contributed by atoms with Crippen LogP contribution in [0.1, 0.15) is 19.2 Å². The van der Waals surface area contributed by atoms with Crippen LogP contribution in [0.5, 0.6) is 0 Å². The second-order valence-corrected chi connectivity index (χ2v) is 5.93. The van der Waals surface area contributed by atoms with Gasteiger partial charge in [-0.25, -0.2) is 4.39 Å². The number of ether oxygens (including phenoxy) is 1. The van der Waals surface area contributed by atoms with Gasteiger partial charge in [0.2, 0.25) is 17.6 Å². The number of halogens is 1. The second kappa shape index (κ2) is 9.78. The van der Waals surface area contributed by atoms with Crippen LogP contribution in [0.4, 0.5) is 4.39 Å². The maximum absolute atomic E-state index is 12.9. The van der Waals surface area contributed by atoms with E-state index in [9.17, 15) is 9.18 Å². The quantitative estimate of drug-likeness (QED) is 0.488. The Bertz CT molecular complexity index is 738. The summed E-state index contributed by atoms with van der Waals surface area (Å²) < 4.78 is 23.0. The zero-order valence-corrected chi connectivity index (χ0v) is 15.2. The Morgan fingerprint density at radius 2 is 2.08 bits per heavy atom. The van der Waals surface area contributed by atoms with E-state index >= 15 is 0 Å². The van der Waals surface area contributed by atoms with Gasteiger partial charge in [0, 0.05) is 31.6 Å². The highest BCUT2D eigenvalue weighted by atomic mass is 32.1. The highest BCUT2D eigenvalue weighted by Gasteiger charge is 2.11. The van der Waals surface area contributed by atoms with Gasteiger partial charge in [0.25, 0.3) is 0 Å². The number of rotatable bonds is 7. The number of carbonyl (C=O) groups is 1. The van der Waals surface area contributed by atoms with Crippen LogP contribution in [0.15, 0.2) is 28.8 Å². The molecule has 0 aliphatic carbocycles. The molecule has 0 bridgehead atoms. The largest absolute Gasteiger partial charge is 0.383 e. The molecule has 1 atom stereocenters. The van der Waals surface area contributed by atoms with Gasteiger partial charge in [0.1, 0.15) is 5.82 Å². The van der Waals surface area contributed by atoms with Crippen molar-refractivity contribution in [2.75, 3.05) is 13.7 Å². The minimum absolute atomic E-state index is 0.0141. The van der Waals surface area contributed by atoms with E-state index in [0.29, 0.717) is 29.0 Å². The smallest absolute Gasteiger partial charge is 0.238 e. The predicted octanol–water partition coefficient (Wildman–Crippen LogP) is 1.34. The first kappa shape index (κ1) is 19.7. The monoisotopic (exact) mass is 381 g/mol. The number of hydrogen-bond donors (Lipinski definition) is 3. The van der Waals surface area contributed by atoms with Crippen molar-refractivity contribution < 1.29 is 18.4 Å². The number of hydrogen-bond acceptors (Lipinski definition) is 6. The Labute approximate surface area is 155 Å². The van der Waals surface area contributed by atoms with Gasteiger partial charge in [-0.15, -0.1) is 0 Å². The Balaban J connectivity index is 1.74. The lowest BCUT2D eigenvalue weighted by Crippen LogP contribution is -2.50. The van der Waals surface area contributed by atoms with Crippen molar-refractivity contribution in [2.24, 2.45) is 0 Å². The van der Waals surface area contributed by atoms with E-state index in [0.717, 1.165) is 0 Å². The molecular formula is C16H20FN5O3S. The Hall–Kier alpha value is -2.59. The van der Waals surface area contributed by atoms with Crippen LogP contribution in [0, 0.1) is 5.82 Å². The Morgan fingerprint density at radius 1 is 1.35 bits per heavy atom. The number of amides is 1. The number of carbonyl (C=O) groups excluding carboxylic acids is 1. The van der Waals surface area contributed by atoms with E-state index in [1.807, 2.05) is 6.92 Å². The summed E-state index contributed by atoms with van der Waals surface area (Å²) in [5.74, 6) is 0.0330. The number of nitrogens with zero attached hydrogens (tertiary/aromatic N) is 2. The lowest BCUT2D eigenvalue weighted by Gasteiger charge is -2.16. The van der Waals surface area contributed by atoms with E-state index in [2.05, 4.69) is 26.3 Å². The number of benzene rings is 1. The van der Waals surface area contributed by atoms with Gasteiger partial charge in [-0.05, 0) is 43.4 Å². The molecule has 2 rings (SSSR count). The normalized spacial score (nSPS) is 11.7. The van der Waals surface area contributed by atoms with Crippen molar-refractivity contribution in [3.63, 3.8) is 0 Å². The summed E-state index contributed by atoms with van der Waals surface area (Å²) in [6, 6.07) is 5.75. The molecule has 0 saturated heterocycles. The summed E-state index contributed by atoms with van der Waals surface area (Å²) in [5, 5.41) is 7.06. The molecule has 0 aliphatic rings. The topological polar surface area (TPSA) is 101 Å². The first-order valence-electron chi connectivity index (χ1n) is 7.90. The van der Waals surface area contributed by atoms with Crippen LogP contribution in [-0.2, 0) is 16.0 Å². The number of aromatic nitrogens is 2. The average molecular weight is 381 g/mol. The summed E-state index contributed by atoms with van der Waals surface area (Å²) in [4.78, 5) is 16.0. The summed E-state index contributed by atoms with van der Waals surface area (Å²) >= 11 is 5.05. The van der Waals surface area contributed by atoms with Crippen molar-refractivity contribution in [2.45, 2.75) is 25.8 Å². The first-order chi connectivity index (χ1) is 12.5. The van der Waals surface area contributed by atoms with Crippen LogP contribution in [-0.4, -0.2) is 40.9 Å². The standard InChI is InChI=1S/C16H20FN5O3S/c1-10(9-24-2)18-16(26)21-20-13(23)7-8-14-19-15(22-25-14)11-3-5-12(17)6-4-11/h3-6,10H,7-9H2,1-2H3,(H,20,23)(H2,18,21,26)/t10-/m0/s1. The van der Waals surface area contributed by atoms with Crippen LogP contribution < -0.4 is 16.2 Å². The van der Waals surface area contributed by atoms with Crippen LogP contribution >= 0.6 is 12.2 Å². The minimum atomic E-state index is -0.342. The number of aryl methyl sites for hydroxylation is 1. The molecule has 0 radical (unpaired) electrons. The average Bonchev–Trinajstić information content (AvgIpc) is 3.08. The number of thiocarbonyl (C=S) groups is 1. The summed E-state index contributed by atoms with van der Waals surface area (Å²) in [7, 11) is 1.59. The SMILES string of the molecule is COC[C@H](C)NC(=S)NNC(=O)CCc1nc(-c2ccc(F)cc2)no1. The van der Waals surface area contributed by atoms with Gasteiger partial charge in [-0.3, -0.25) is 15.6 Å².